The summed E-state index contributed by atoms with van der Waals surface area (Å²) < 4.78 is 1.80. The van der Waals surface area contributed by atoms with E-state index in [2.05, 4.69) is 15.6 Å². The second kappa shape index (κ2) is 5.97. The summed E-state index contributed by atoms with van der Waals surface area (Å²) in [5, 5.41) is 10.8. The number of hydrogen-bond donors (Lipinski definition) is 1. The SMILES string of the molecule is CC(=O)NCC(=O)N1CC(n2cc(-c3ccccc3)nn2)C1. The predicted octanol–water partition coefficient (Wildman–Crippen LogP) is 0.464. The maximum Gasteiger partial charge on any atom is 0.242 e. The van der Waals surface area contributed by atoms with E-state index in [-0.39, 0.29) is 24.4 Å². The summed E-state index contributed by atoms with van der Waals surface area (Å²) in [6.45, 7) is 2.63. The molecule has 1 N–H and O–H groups in total. The minimum absolute atomic E-state index is 0.0503. The number of carbonyl (C=O) groups is 2. The normalized spacial score (nSPS) is 14.5. The molecule has 0 unspecified atom stereocenters. The molecule has 7 nitrogen and oxygen atoms in total. The highest BCUT2D eigenvalue weighted by molar-refractivity contribution is 5.84. The predicted molar refractivity (Wildman–Crippen MR) is 79.8 cm³/mol. The number of amides is 2. The molecule has 1 fully saturated rings. The number of hydrogen-bond acceptors (Lipinski definition) is 4. The van der Waals surface area contributed by atoms with E-state index in [4.69, 9.17) is 0 Å². The van der Waals surface area contributed by atoms with Crippen LogP contribution in [0.15, 0.2) is 36.5 Å². The number of aromatic nitrogens is 3. The van der Waals surface area contributed by atoms with Crippen LogP contribution in [0.5, 0.6) is 0 Å². The van der Waals surface area contributed by atoms with E-state index < -0.39 is 0 Å². The molecule has 0 aliphatic carbocycles. The number of nitrogens with one attached hydrogen (secondary N) is 1. The van der Waals surface area contributed by atoms with Crippen LogP contribution in [0, 0.1) is 0 Å². The van der Waals surface area contributed by atoms with Gasteiger partial charge in [-0.25, -0.2) is 4.68 Å². The standard InChI is InChI=1S/C15H17N5O2/c1-11(21)16-7-15(22)19-8-13(9-19)20-10-14(17-18-20)12-5-3-2-4-6-12/h2-6,10,13H,7-9H2,1H3,(H,16,21). The van der Waals surface area contributed by atoms with E-state index >= 15 is 0 Å². The largest absolute Gasteiger partial charge is 0.347 e. The average molecular weight is 299 g/mol. The molecule has 0 bridgehead atoms. The Balaban J connectivity index is 1.56. The van der Waals surface area contributed by atoms with Gasteiger partial charge in [0.25, 0.3) is 0 Å². The van der Waals surface area contributed by atoms with Crippen molar-refractivity contribution in [3.8, 4) is 11.3 Å². The van der Waals surface area contributed by atoms with Crippen LogP contribution in [0.4, 0.5) is 0 Å². The minimum atomic E-state index is -0.200. The number of likely N-dealkylation sites (tertiary alicyclic amines) is 1. The molecule has 1 aliphatic rings. The fourth-order valence-corrected chi connectivity index (χ4v) is 2.33. The van der Waals surface area contributed by atoms with Gasteiger partial charge in [-0.1, -0.05) is 35.5 Å². The summed E-state index contributed by atoms with van der Waals surface area (Å²) in [5.41, 5.74) is 1.84. The van der Waals surface area contributed by atoms with Gasteiger partial charge in [-0.3, -0.25) is 9.59 Å². The maximum atomic E-state index is 11.8. The molecule has 2 amide bonds. The van der Waals surface area contributed by atoms with Crippen LogP contribution in [0.25, 0.3) is 11.3 Å². The lowest BCUT2D eigenvalue weighted by molar-refractivity contribution is -0.137. The van der Waals surface area contributed by atoms with Crippen molar-refractivity contribution >= 4 is 11.8 Å². The molecule has 7 heteroatoms. The summed E-state index contributed by atoms with van der Waals surface area (Å²) >= 11 is 0. The Morgan fingerprint density at radius 1 is 1.27 bits per heavy atom. The summed E-state index contributed by atoms with van der Waals surface area (Å²) in [5.74, 6) is -0.274. The van der Waals surface area contributed by atoms with Crippen LogP contribution >= 0.6 is 0 Å². The molecule has 2 aromatic rings. The van der Waals surface area contributed by atoms with Crippen molar-refractivity contribution in [2.75, 3.05) is 19.6 Å². The molecule has 114 valence electrons. The minimum Gasteiger partial charge on any atom is -0.347 e. The van der Waals surface area contributed by atoms with Crippen molar-refractivity contribution in [2.24, 2.45) is 0 Å². The van der Waals surface area contributed by atoms with Crippen LogP contribution in [-0.4, -0.2) is 51.3 Å². The van der Waals surface area contributed by atoms with Crippen molar-refractivity contribution in [2.45, 2.75) is 13.0 Å². The summed E-state index contributed by atoms with van der Waals surface area (Å²) in [6, 6.07) is 9.99. The highest BCUT2D eigenvalue weighted by Gasteiger charge is 2.32. The third kappa shape index (κ3) is 2.98. The van der Waals surface area contributed by atoms with Gasteiger partial charge in [0.1, 0.15) is 5.69 Å². The van der Waals surface area contributed by atoms with E-state index in [0.717, 1.165) is 11.3 Å². The van der Waals surface area contributed by atoms with E-state index in [1.807, 2.05) is 36.5 Å². The van der Waals surface area contributed by atoms with E-state index in [9.17, 15) is 9.59 Å². The number of nitrogens with zero attached hydrogens (tertiary/aromatic N) is 4. The summed E-state index contributed by atoms with van der Waals surface area (Å²) in [6.07, 6.45) is 1.90. The molecular weight excluding hydrogens is 282 g/mol. The third-order valence-corrected chi connectivity index (χ3v) is 3.66. The van der Waals surface area contributed by atoms with Gasteiger partial charge in [0, 0.05) is 25.6 Å². The van der Waals surface area contributed by atoms with Gasteiger partial charge in [0.2, 0.25) is 11.8 Å². The average Bonchev–Trinajstić information content (AvgIpc) is 2.94. The lowest BCUT2D eigenvalue weighted by atomic mass is 10.1. The monoisotopic (exact) mass is 299 g/mol. The summed E-state index contributed by atoms with van der Waals surface area (Å²) in [4.78, 5) is 24.3. The molecule has 3 rings (SSSR count). The Morgan fingerprint density at radius 2 is 2.00 bits per heavy atom. The van der Waals surface area contributed by atoms with Gasteiger partial charge in [-0.15, -0.1) is 5.10 Å². The molecule has 1 aromatic heterocycles. The Bertz CT molecular complexity index is 676. The molecule has 0 radical (unpaired) electrons. The van der Waals surface area contributed by atoms with Gasteiger partial charge >= 0.3 is 0 Å². The molecule has 0 spiro atoms. The van der Waals surface area contributed by atoms with Gasteiger partial charge in [-0.05, 0) is 0 Å². The van der Waals surface area contributed by atoms with Crippen LogP contribution < -0.4 is 5.32 Å². The first kappa shape index (κ1) is 14.2. The van der Waals surface area contributed by atoms with Gasteiger partial charge < -0.3 is 10.2 Å². The van der Waals surface area contributed by atoms with E-state index in [0.29, 0.717) is 13.1 Å². The molecule has 1 saturated heterocycles. The first-order valence-corrected chi connectivity index (χ1v) is 7.13. The van der Waals surface area contributed by atoms with Crippen LogP contribution in [0.3, 0.4) is 0 Å². The van der Waals surface area contributed by atoms with Gasteiger partial charge in [0.15, 0.2) is 0 Å². The fraction of sp³-hybridized carbons (Fsp3) is 0.333. The molecule has 2 heterocycles. The second-order valence-corrected chi connectivity index (χ2v) is 5.31. The zero-order chi connectivity index (χ0) is 15.5. The maximum absolute atomic E-state index is 11.8. The molecule has 0 atom stereocenters. The van der Waals surface area contributed by atoms with Crippen LogP contribution in [-0.2, 0) is 9.59 Å². The number of rotatable bonds is 4. The highest BCUT2D eigenvalue weighted by atomic mass is 16.2. The number of carbonyl (C=O) groups excluding carboxylic acids is 2. The van der Waals surface area contributed by atoms with E-state index in [1.165, 1.54) is 6.92 Å². The quantitative estimate of drug-likeness (QED) is 0.889. The Kier molecular flexibility index (Phi) is 3.86. The fourth-order valence-electron chi connectivity index (χ4n) is 2.33. The zero-order valence-electron chi connectivity index (χ0n) is 12.3. The highest BCUT2D eigenvalue weighted by Crippen LogP contribution is 2.22. The van der Waals surface area contributed by atoms with Gasteiger partial charge in [-0.2, -0.15) is 0 Å². The molecule has 1 aliphatic heterocycles. The molecule has 1 aromatic carbocycles. The lowest BCUT2D eigenvalue weighted by Crippen LogP contribution is -2.53. The van der Waals surface area contributed by atoms with E-state index in [1.54, 1.807) is 9.58 Å². The van der Waals surface area contributed by atoms with Crippen molar-refractivity contribution in [1.29, 1.82) is 0 Å². The third-order valence-electron chi connectivity index (χ3n) is 3.66. The molecular formula is C15H17N5O2. The number of benzene rings is 1. The van der Waals surface area contributed by atoms with Crippen molar-refractivity contribution in [3.63, 3.8) is 0 Å². The first-order chi connectivity index (χ1) is 10.6. The molecule has 22 heavy (non-hydrogen) atoms. The Hall–Kier alpha value is -2.70. The summed E-state index contributed by atoms with van der Waals surface area (Å²) in [7, 11) is 0. The first-order valence-electron chi connectivity index (χ1n) is 7.13. The Labute approximate surface area is 127 Å². The van der Waals surface area contributed by atoms with Crippen molar-refractivity contribution in [1.82, 2.24) is 25.2 Å². The van der Waals surface area contributed by atoms with Crippen LogP contribution in [0.2, 0.25) is 0 Å². The van der Waals surface area contributed by atoms with Crippen LogP contribution in [0.1, 0.15) is 13.0 Å². The Morgan fingerprint density at radius 3 is 2.68 bits per heavy atom. The zero-order valence-corrected chi connectivity index (χ0v) is 12.3. The van der Waals surface area contributed by atoms with Crippen molar-refractivity contribution < 1.29 is 9.59 Å². The van der Waals surface area contributed by atoms with Crippen molar-refractivity contribution in [3.05, 3.63) is 36.5 Å². The second-order valence-electron chi connectivity index (χ2n) is 5.31. The molecule has 0 saturated carbocycles. The smallest absolute Gasteiger partial charge is 0.242 e. The topological polar surface area (TPSA) is 80.1 Å². The van der Waals surface area contributed by atoms with Gasteiger partial charge in [0.05, 0.1) is 18.8 Å². The lowest BCUT2D eigenvalue weighted by Gasteiger charge is -2.38.